The molecule has 0 aromatic heterocycles. The van der Waals surface area contributed by atoms with Crippen LogP contribution in [0.15, 0.2) is 11.6 Å². The number of hydrogen-bond donors (Lipinski definition) is 0. The molecule has 0 aliphatic carbocycles. The van der Waals surface area contributed by atoms with E-state index in [1.807, 2.05) is 13.8 Å². The lowest BCUT2D eigenvalue weighted by atomic mass is 10.3. The molecule has 0 unspecified atom stereocenters. The molecule has 0 spiro atoms. The van der Waals surface area contributed by atoms with Gasteiger partial charge in [0.1, 0.15) is 0 Å². The van der Waals surface area contributed by atoms with E-state index in [0.29, 0.717) is 13.2 Å². The van der Waals surface area contributed by atoms with Gasteiger partial charge in [0, 0.05) is 11.6 Å². The van der Waals surface area contributed by atoms with Crippen LogP contribution in [-0.2, 0) is 19.1 Å². The summed E-state index contributed by atoms with van der Waals surface area (Å²) in [6, 6.07) is 0. The highest BCUT2D eigenvalue weighted by Gasteiger charge is 2.07. The smallest absolute Gasteiger partial charge is 0.333 e. The van der Waals surface area contributed by atoms with E-state index in [-0.39, 0.29) is 5.57 Å². The average Bonchev–Trinajstić information content (AvgIpc) is 2.22. The summed E-state index contributed by atoms with van der Waals surface area (Å²) in [5, 5.41) is 0. The van der Waals surface area contributed by atoms with Crippen molar-refractivity contribution in [2.45, 2.75) is 33.6 Å². The molecule has 0 bridgehead atoms. The topological polar surface area (TPSA) is 52.6 Å². The first-order valence-electron chi connectivity index (χ1n) is 5.14. The van der Waals surface area contributed by atoms with E-state index < -0.39 is 11.9 Å². The molecule has 4 heteroatoms. The van der Waals surface area contributed by atoms with E-state index in [1.54, 1.807) is 0 Å². The van der Waals surface area contributed by atoms with E-state index in [2.05, 4.69) is 0 Å². The third-order valence-electron chi connectivity index (χ3n) is 1.54. The van der Waals surface area contributed by atoms with Crippen molar-refractivity contribution >= 4 is 11.9 Å². The molecule has 0 rings (SSSR count). The number of ether oxygens (including phenoxy) is 2. The predicted molar refractivity (Wildman–Crippen MR) is 56.3 cm³/mol. The summed E-state index contributed by atoms with van der Waals surface area (Å²) in [4.78, 5) is 22.3. The van der Waals surface area contributed by atoms with Crippen LogP contribution in [0.25, 0.3) is 0 Å². The van der Waals surface area contributed by atoms with Crippen molar-refractivity contribution in [1.82, 2.24) is 0 Å². The van der Waals surface area contributed by atoms with Gasteiger partial charge in [0.15, 0.2) is 0 Å². The number of carbonyl (C=O) groups is 2. The van der Waals surface area contributed by atoms with Crippen LogP contribution in [0.5, 0.6) is 0 Å². The Morgan fingerprint density at radius 2 is 1.60 bits per heavy atom. The highest BCUT2D eigenvalue weighted by atomic mass is 16.5. The number of rotatable bonds is 6. The Morgan fingerprint density at radius 3 is 2.13 bits per heavy atom. The van der Waals surface area contributed by atoms with E-state index in [9.17, 15) is 9.59 Å². The van der Waals surface area contributed by atoms with Gasteiger partial charge in [0.2, 0.25) is 0 Å². The zero-order chi connectivity index (χ0) is 11.7. The van der Waals surface area contributed by atoms with Gasteiger partial charge in [0.25, 0.3) is 0 Å². The SMILES string of the molecule is CCCOC(=O)/C=C(/C)C(=O)OCCC. The number of hydrogen-bond acceptors (Lipinski definition) is 4. The molecule has 4 nitrogen and oxygen atoms in total. The van der Waals surface area contributed by atoms with Crippen molar-refractivity contribution in [3.05, 3.63) is 11.6 Å². The molecule has 0 fully saturated rings. The van der Waals surface area contributed by atoms with Gasteiger partial charge in [-0.3, -0.25) is 0 Å². The zero-order valence-corrected chi connectivity index (χ0v) is 9.54. The van der Waals surface area contributed by atoms with Crippen LogP contribution in [0.1, 0.15) is 33.6 Å². The summed E-state index contributed by atoms with van der Waals surface area (Å²) >= 11 is 0. The maximum atomic E-state index is 11.2. The van der Waals surface area contributed by atoms with Crippen molar-refractivity contribution in [2.24, 2.45) is 0 Å². The third kappa shape index (κ3) is 6.71. The fourth-order valence-electron chi connectivity index (χ4n) is 0.789. The lowest BCUT2D eigenvalue weighted by Gasteiger charge is -2.03. The molecule has 0 aliphatic heterocycles. The summed E-state index contributed by atoms with van der Waals surface area (Å²) in [6.45, 7) is 6.08. The van der Waals surface area contributed by atoms with Crippen molar-refractivity contribution < 1.29 is 19.1 Å². The molecule has 0 aromatic carbocycles. The molecule has 0 saturated carbocycles. The van der Waals surface area contributed by atoms with E-state index in [0.717, 1.165) is 18.9 Å². The Morgan fingerprint density at radius 1 is 1.07 bits per heavy atom. The molecule has 0 aliphatic rings. The van der Waals surface area contributed by atoms with Crippen LogP contribution in [-0.4, -0.2) is 25.2 Å². The lowest BCUT2D eigenvalue weighted by Crippen LogP contribution is -2.09. The molecule has 0 saturated heterocycles. The highest BCUT2D eigenvalue weighted by Crippen LogP contribution is 1.98. The van der Waals surface area contributed by atoms with Gasteiger partial charge in [-0.25, -0.2) is 9.59 Å². The number of carbonyl (C=O) groups excluding carboxylic acids is 2. The Bertz CT molecular complexity index is 243. The van der Waals surface area contributed by atoms with Crippen LogP contribution >= 0.6 is 0 Å². The minimum Gasteiger partial charge on any atom is -0.463 e. The van der Waals surface area contributed by atoms with Crippen LogP contribution < -0.4 is 0 Å². The first kappa shape index (κ1) is 13.7. The predicted octanol–water partition coefficient (Wildman–Crippen LogP) is 1.84. The van der Waals surface area contributed by atoms with E-state index in [4.69, 9.17) is 9.47 Å². The zero-order valence-electron chi connectivity index (χ0n) is 9.54. The van der Waals surface area contributed by atoms with Crippen molar-refractivity contribution in [3.63, 3.8) is 0 Å². The minimum atomic E-state index is -0.497. The molecule has 0 N–H and O–H groups in total. The normalized spacial score (nSPS) is 11.0. The molecule has 0 amide bonds. The van der Waals surface area contributed by atoms with Crippen molar-refractivity contribution in [2.75, 3.05) is 13.2 Å². The summed E-state index contributed by atoms with van der Waals surface area (Å²) < 4.78 is 9.64. The van der Waals surface area contributed by atoms with Gasteiger partial charge < -0.3 is 9.47 Å². The van der Waals surface area contributed by atoms with Crippen LogP contribution in [0.2, 0.25) is 0 Å². The van der Waals surface area contributed by atoms with E-state index >= 15 is 0 Å². The van der Waals surface area contributed by atoms with Crippen LogP contribution in [0.4, 0.5) is 0 Å². The van der Waals surface area contributed by atoms with E-state index in [1.165, 1.54) is 6.92 Å². The third-order valence-corrected chi connectivity index (χ3v) is 1.54. The van der Waals surface area contributed by atoms with Gasteiger partial charge in [-0.05, 0) is 19.8 Å². The molecule has 0 aromatic rings. The quantitative estimate of drug-likeness (QED) is 0.500. The molecule has 0 heterocycles. The Balaban J connectivity index is 4.05. The van der Waals surface area contributed by atoms with Crippen LogP contribution in [0, 0.1) is 0 Å². The van der Waals surface area contributed by atoms with Crippen molar-refractivity contribution in [1.29, 1.82) is 0 Å². The van der Waals surface area contributed by atoms with Crippen LogP contribution in [0.3, 0.4) is 0 Å². The molecule has 86 valence electrons. The lowest BCUT2D eigenvalue weighted by molar-refractivity contribution is -0.141. The Kier molecular flexibility index (Phi) is 7.32. The second kappa shape index (κ2) is 8.03. The van der Waals surface area contributed by atoms with Gasteiger partial charge in [-0.2, -0.15) is 0 Å². The van der Waals surface area contributed by atoms with Gasteiger partial charge in [-0.1, -0.05) is 13.8 Å². The summed E-state index contributed by atoms with van der Waals surface area (Å²) in [6.07, 6.45) is 2.69. The van der Waals surface area contributed by atoms with Crippen molar-refractivity contribution in [3.8, 4) is 0 Å². The minimum absolute atomic E-state index is 0.268. The van der Waals surface area contributed by atoms with Gasteiger partial charge >= 0.3 is 11.9 Å². The molecule has 0 radical (unpaired) electrons. The molecule has 15 heavy (non-hydrogen) atoms. The first-order valence-corrected chi connectivity index (χ1v) is 5.14. The summed E-state index contributed by atoms with van der Waals surface area (Å²) in [5.74, 6) is -0.965. The Labute approximate surface area is 90.2 Å². The standard InChI is InChI=1S/C11H18O4/c1-4-6-14-10(12)8-9(3)11(13)15-7-5-2/h8H,4-7H2,1-3H3/b9-8-. The fourth-order valence-corrected chi connectivity index (χ4v) is 0.789. The fraction of sp³-hybridized carbons (Fsp3) is 0.636. The monoisotopic (exact) mass is 214 g/mol. The average molecular weight is 214 g/mol. The molecular weight excluding hydrogens is 196 g/mol. The molecular formula is C11H18O4. The van der Waals surface area contributed by atoms with Gasteiger partial charge in [0.05, 0.1) is 13.2 Å². The number of esters is 2. The largest absolute Gasteiger partial charge is 0.463 e. The molecule has 0 atom stereocenters. The Hall–Kier alpha value is -1.32. The maximum absolute atomic E-state index is 11.2. The first-order chi connectivity index (χ1) is 7.11. The summed E-state index contributed by atoms with van der Waals surface area (Å²) in [5.41, 5.74) is 0.268. The summed E-state index contributed by atoms with van der Waals surface area (Å²) in [7, 11) is 0. The second-order valence-corrected chi connectivity index (χ2v) is 3.13. The highest BCUT2D eigenvalue weighted by molar-refractivity contribution is 5.95. The maximum Gasteiger partial charge on any atom is 0.333 e. The van der Waals surface area contributed by atoms with Gasteiger partial charge in [-0.15, -0.1) is 0 Å². The second-order valence-electron chi connectivity index (χ2n) is 3.13.